The highest BCUT2D eigenvalue weighted by molar-refractivity contribution is 5.96. The SMILES string of the molecule is O=C(NC1COCC1n1nc(-c2cccnc2)ccc1=O)c1cc2ccccc2o1. The number of carbonyl (C=O) groups is 1. The minimum absolute atomic E-state index is 0.214. The summed E-state index contributed by atoms with van der Waals surface area (Å²) >= 11 is 0. The van der Waals surface area contributed by atoms with Crippen LogP contribution in [0.15, 0.2) is 76.2 Å². The van der Waals surface area contributed by atoms with Gasteiger partial charge in [0.05, 0.1) is 24.9 Å². The van der Waals surface area contributed by atoms with Crippen LogP contribution in [0.5, 0.6) is 0 Å². The molecular formula is C22H18N4O4. The number of ether oxygens (including phenoxy) is 1. The molecule has 0 aliphatic carbocycles. The molecule has 1 aliphatic heterocycles. The predicted octanol–water partition coefficient (Wildman–Crippen LogP) is 2.42. The first-order valence-corrected chi connectivity index (χ1v) is 9.56. The molecule has 2 atom stereocenters. The molecule has 30 heavy (non-hydrogen) atoms. The van der Waals surface area contributed by atoms with Crippen molar-refractivity contribution in [2.24, 2.45) is 0 Å². The predicted molar refractivity (Wildman–Crippen MR) is 109 cm³/mol. The highest BCUT2D eigenvalue weighted by atomic mass is 16.5. The molecule has 8 heteroatoms. The third-order valence-corrected chi connectivity index (χ3v) is 5.11. The second kappa shape index (κ2) is 7.57. The Balaban J connectivity index is 1.41. The van der Waals surface area contributed by atoms with E-state index in [0.717, 1.165) is 10.9 Å². The van der Waals surface area contributed by atoms with Crippen molar-refractivity contribution in [2.45, 2.75) is 12.1 Å². The quantitative estimate of drug-likeness (QED) is 0.563. The first-order chi connectivity index (χ1) is 14.7. The van der Waals surface area contributed by atoms with Gasteiger partial charge in [-0.15, -0.1) is 0 Å². The van der Waals surface area contributed by atoms with Crippen LogP contribution in [-0.4, -0.2) is 39.9 Å². The third-order valence-electron chi connectivity index (χ3n) is 5.11. The summed E-state index contributed by atoms with van der Waals surface area (Å²) in [6.07, 6.45) is 3.36. The lowest BCUT2D eigenvalue weighted by Crippen LogP contribution is -2.44. The number of fused-ring (bicyclic) bond motifs is 1. The number of furan rings is 1. The van der Waals surface area contributed by atoms with Crippen molar-refractivity contribution in [2.75, 3.05) is 13.2 Å². The fraction of sp³-hybridized carbons (Fsp3) is 0.182. The molecule has 1 saturated heterocycles. The maximum Gasteiger partial charge on any atom is 0.287 e. The highest BCUT2D eigenvalue weighted by Gasteiger charge is 2.33. The lowest BCUT2D eigenvalue weighted by molar-refractivity contribution is 0.0899. The van der Waals surface area contributed by atoms with Gasteiger partial charge in [-0.25, -0.2) is 4.68 Å². The monoisotopic (exact) mass is 402 g/mol. The number of carbonyl (C=O) groups excluding carboxylic acids is 1. The Bertz CT molecular complexity index is 1230. The molecule has 5 rings (SSSR count). The lowest BCUT2D eigenvalue weighted by atomic mass is 10.1. The third kappa shape index (κ3) is 3.37. The van der Waals surface area contributed by atoms with Gasteiger partial charge in [-0.3, -0.25) is 14.6 Å². The second-order valence-corrected chi connectivity index (χ2v) is 7.08. The average Bonchev–Trinajstić information content (AvgIpc) is 3.41. The van der Waals surface area contributed by atoms with Crippen LogP contribution in [0.2, 0.25) is 0 Å². The Labute approximate surface area is 171 Å². The summed E-state index contributed by atoms with van der Waals surface area (Å²) < 4.78 is 12.6. The minimum atomic E-state index is -0.428. The van der Waals surface area contributed by atoms with Crippen LogP contribution in [0.25, 0.3) is 22.2 Å². The molecule has 1 amide bonds. The zero-order valence-corrected chi connectivity index (χ0v) is 15.9. The summed E-state index contributed by atoms with van der Waals surface area (Å²) in [5, 5.41) is 8.27. The number of rotatable bonds is 4. The van der Waals surface area contributed by atoms with Crippen molar-refractivity contribution < 1.29 is 13.9 Å². The van der Waals surface area contributed by atoms with Gasteiger partial charge >= 0.3 is 0 Å². The summed E-state index contributed by atoms with van der Waals surface area (Å²) in [5.41, 5.74) is 1.80. The average molecular weight is 402 g/mol. The van der Waals surface area contributed by atoms with E-state index >= 15 is 0 Å². The van der Waals surface area contributed by atoms with E-state index in [1.54, 1.807) is 30.6 Å². The van der Waals surface area contributed by atoms with E-state index in [1.165, 1.54) is 10.7 Å². The topological polar surface area (TPSA) is 99.2 Å². The molecule has 4 aromatic rings. The van der Waals surface area contributed by atoms with Crippen molar-refractivity contribution in [3.8, 4) is 11.3 Å². The number of hydrogen-bond donors (Lipinski definition) is 1. The fourth-order valence-electron chi connectivity index (χ4n) is 3.59. The second-order valence-electron chi connectivity index (χ2n) is 7.08. The summed E-state index contributed by atoms with van der Waals surface area (Å²) in [7, 11) is 0. The van der Waals surface area contributed by atoms with Crippen molar-refractivity contribution in [3.05, 3.63) is 83.1 Å². The Kier molecular flexibility index (Phi) is 4.61. The Morgan fingerprint density at radius 2 is 2.00 bits per heavy atom. The van der Waals surface area contributed by atoms with Crippen LogP contribution < -0.4 is 10.9 Å². The van der Waals surface area contributed by atoms with Crippen LogP contribution in [0.3, 0.4) is 0 Å². The van der Waals surface area contributed by atoms with Gasteiger partial charge < -0.3 is 14.5 Å². The number of benzene rings is 1. The van der Waals surface area contributed by atoms with E-state index in [9.17, 15) is 9.59 Å². The molecule has 1 aliphatic rings. The molecule has 4 heterocycles. The van der Waals surface area contributed by atoms with Crippen molar-refractivity contribution in [3.63, 3.8) is 0 Å². The van der Waals surface area contributed by atoms with E-state index in [-0.39, 0.29) is 30.4 Å². The van der Waals surface area contributed by atoms with Crippen molar-refractivity contribution >= 4 is 16.9 Å². The van der Waals surface area contributed by atoms with E-state index in [1.807, 2.05) is 30.3 Å². The molecule has 0 radical (unpaired) electrons. The number of para-hydroxylation sites is 1. The largest absolute Gasteiger partial charge is 0.451 e. The first-order valence-electron chi connectivity index (χ1n) is 9.56. The highest BCUT2D eigenvalue weighted by Crippen LogP contribution is 2.22. The fourth-order valence-corrected chi connectivity index (χ4v) is 3.59. The van der Waals surface area contributed by atoms with Gasteiger partial charge in [-0.05, 0) is 30.3 Å². The van der Waals surface area contributed by atoms with Crippen LogP contribution in [0.4, 0.5) is 0 Å². The Hall–Kier alpha value is -3.78. The van der Waals surface area contributed by atoms with Crippen LogP contribution in [0.1, 0.15) is 16.6 Å². The molecule has 0 saturated carbocycles. The normalized spacial score (nSPS) is 18.5. The molecule has 0 bridgehead atoms. The summed E-state index contributed by atoms with van der Waals surface area (Å²) in [6, 6.07) is 15.1. The molecule has 0 spiro atoms. The van der Waals surface area contributed by atoms with Crippen molar-refractivity contribution in [1.82, 2.24) is 20.1 Å². The minimum Gasteiger partial charge on any atom is -0.451 e. The number of nitrogens with zero attached hydrogens (tertiary/aromatic N) is 3. The zero-order valence-electron chi connectivity index (χ0n) is 15.9. The number of nitrogens with one attached hydrogen (secondary N) is 1. The summed E-state index contributed by atoms with van der Waals surface area (Å²) in [5.74, 6) is -0.144. The smallest absolute Gasteiger partial charge is 0.287 e. The first kappa shape index (κ1) is 18.3. The molecule has 8 nitrogen and oxygen atoms in total. The molecule has 1 fully saturated rings. The number of pyridine rings is 1. The standard InChI is InChI=1S/C22H18N4O4/c27-21-8-7-16(15-5-3-9-23-11-15)25-26(21)18-13-29-12-17(18)24-22(28)20-10-14-4-1-2-6-19(14)30-20/h1-11,17-18H,12-13H2,(H,24,28). The van der Waals surface area contributed by atoms with Gasteiger partial charge in [0.1, 0.15) is 11.6 Å². The maximum absolute atomic E-state index is 12.7. The molecule has 1 aromatic carbocycles. The Morgan fingerprint density at radius 1 is 1.10 bits per heavy atom. The molecule has 3 aromatic heterocycles. The van der Waals surface area contributed by atoms with Gasteiger partial charge in [0.2, 0.25) is 0 Å². The number of amides is 1. The lowest BCUT2D eigenvalue weighted by Gasteiger charge is -2.20. The van der Waals surface area contributed by atoms with Gasteiger partial charge in [0.15, 0.2) is 5.76 Å². The zero-order chi connectivity index (χ0) is 20.5. The van der Waals surface area contributed by atoms with Gasteiger partial charge in [0, 0.05) is 29.4 Å². The summed E-state index contributed by atoms with van der Waals surface area (Å²) in [6.45, 7) is 0.552. The number of hydrogen-bond acceptors (Lipinski definition) is 6. The van der Waals surface area contributed by atoms with Crippen LogP contribution in [-0.2, 0) is 4.74 Å². The van der Waals surface area contributed by atoms with Gasteiger partial charge in [0.25, 0.3) is 11.5 Å². The van der Waals surface area contributed by atoms with E-state index < -0.39 is 12.1 Å². The molecule has 1 N–H and O–H groups in total. The van der Waals surface area contributed by atoms with E-state index in [0.29, 0.717) is 11.3 Å². The van der Waals surface area contributed by atoms with Gasteiger partial charge in [-0.2, -0.15) is 5.10 Å². The maximum atomic E-state index is 12.7. The Morgan fingerprint density at radius 3 is 2.83 bits per heavy atom. The summed E-state index contributed by atoms with van der Waals surface area (Å²) in [4.78, 5) is 29.3. The van der Waals surface area contributed by atoms with E-state index in [4.69, 9.17) is 9.15 Å². The van der Waals surface area contributed by atoms with Crippen molar-refractivity contribution in [1.29, 1.82) is 0 Å². The van der Waals surface area contributed by atoms with E-state index in [2.05, 4.69) is 15.4 Å². The molecule has 2 unspecified atom stereocenters. The molecular weight excluding hydrogens is 384 g/mol. The van der Waals surface area contributed by atoms with Crippen LogP contribution >= 0.6 is 0 Å². The number of aromatic nitrogens is 3. The molecule has 150 valence electrons. The van der Waals surface area contributed by atoms with Crippen LogP contribution in [0, 0.1) is 0 Å². The van der Waals surface area contributed by atoms with Gasteiger partial charge in [-0.1, -0.05) is 18.2 Å².